The summed E-state index contributed by atoms with van der Waals surface area (Å²) < 4.78 is 239. The Bertz CT molecular complexity index is 1190. The van der Waals surface area contributed by atoms with Crippen molar-refractivity contribution in [3.8, 4) is 0 Å². The molecule has 0 N–H and O–H groups in total. The van der Waals surface area contributed by atoms with E-state index in [-0.39, 0.29) is 36.6 Å². The van der Waals surface area contributed by atoms with Gasteiger partial charge >= 0.3 is 53.9 Å². The molecule has 0 aromatic carbocycles. The van der Waals surface area contributed by atoms with Crippen LogP contribution in [-0.2, 0) is 19.1 Å². The first kappa shape index (κ1) is 49.9. The Morgan fingerprint density at radius 1 is 0.577 bits per heavy atom. The molecule has 26 heteroatoms. The average Bonchev–Trinajstić information content (AvgIpc) is 2.89. The molecule has 0 fully saturated rings. The van der Waals surface area contributed by atoms with Crippen LogP contribution in [0.3, 0.4) is 0 Å². The second kappa shape index (κ2) is 16.7. The van der Waals surface area contributed by atoms with Crippen LogP contribution in [0.15, 0.2) is 12.7 Å². The quantitative estimate of drug-likeness (QED) is 0.0549. The van der Waals surface area contributed by atoms with E-state index >= 15 is 0 Å². The SMILES string of the molecule is C=CC(=O)OC(C[N+](C)(C)CC(=O)SCCC(F)(F)C(F)(F)C(F)(F)C(F)(F)F)C[N+](C)(C)CC(=O)SCCC(F)(F)C(F)(F)C(F)(F)C(F)(F)F. The zero-order chi connectivity index (χ0) is 41.8. The van der Waals surface area contributed by atoms with E-state index in [0.717, 1.165) is 0 Å². The number of hydrogen-bond donors (Lipinski definition) is 0. The molecule has 0 aliphatic heterocycles. The third kappa shape index (κ3) is 12.5. The molecular weight excluding hydrogens is 810 g/mol. The third-order valence-corrected chi connectivity index (χ3v) is 8.46. The number of nitrogens with zero attached hydrogens (tertiary/aromatic N) is 2. The fraction of sp³-hybridized carbons (Fsp3) is 0.808. The smallest absolute Gasteiger partial charge is 0.447 e. The van der Waals surface area contributed by atoms with Crippen LogP contribution in [0.5, 0.6) is 0 Å². The highest BCUT2D eigenvalue weighted by atomic mass is 32.2. The minimum Gasteiger partial charge on any atom is -0.447 e. The Morgan fingerprint density at radius 2 is 0.865 bits per heavy atom. The molecule has 0 heterocycles. The molecule has 0 saturated carbocycles. The van der Waals surface area contributed by atoms with Crippen molar-refractivity contribution in [2.24, 2.45) is 0 Å². The zero-order valence-electron chi connectivity index (χ0n) is 27.2. The number of halogens is 18. The average molecular weight is 843 g/mol. The van der Waals surface area contributed by atoms with Crippen LogP contribution in [0.4, 0.5) is 79.0 Å². The fourth-order valence-corrected chi connectivity index (χ4v) is 6.14. The summed E-state index contributed by atoms with van der Waals surface area (Å²) in [7, 11) is 5.05. The number of alkyl halides is 18. The molecule has 0 radical (unpaired) electrons. The van der Waals surface area contributed by atoms with E-state index in [1.165, 1.54) is 28.2 Å². The normalized spacial score (nSPS) is 14.8. The van der Waals surface area contributed by atoms with Gasteiger partial charge in [0.1, 0.15) is 26.2 Å². The third-order valence-electron chi connectivity index (χ3n) is 6.74. The second-order valence-electron chi connectivity index (χ2n) is 12.5. The lowest BCUT2D eigenvalue weighted by atomic mass is 10.0. The first-order valence-electron chi connectivity index (χ1n) is 13.9. The Morgan fingerprint density at radius 3 is 1.12 bits per heavy atom. The van der Waals surface area contributed by atoms with Crippen LogP contribution >= 0.6 is 23.5 Å². The zero-order valence-corrected chi connectivity index (χ0v) is 28.8. The van der Waals surface area contributed by atoms with Gasteiger partial charge in [0.05, 0.1) is 28.2 Å². The highest BCUT2D eigenvalue weighted by Gasteiger charge is 2.82. The Labute approximate surface area is 292 Å². The lowest BCUT2D eigenvalue weighted by Gasteiger charge is -2.36. The van der Waals surface area contributed by atoms with Crippen LogP contribution in [0.1, 0.15) is 12.8 Å². The summed E-state index contributed by atoms with van der Waals surface area (Å²) in [6.07, 6.45) is -19.3. The summed E-state index contributed by atoms with van der Waals surface area (Å²) in [5.41, 5.74) is 0. The highest BCUT2D eigenvalue weighted by molar-refractivity contribution is 8.13. The van der Waals surface area contributed by atoms with Crippen molar-refractivity contribution in [1.29, 1.82) is 0 Å². The van der Waals surface area contributed by atoms with Crippen LogP contribution < -0.4 is 0 Å². The first-order chi connectivity index (χ1) is 22.7. The molecule has 0 atom stereocenters. The minimum absolute atomic E-state index is 0.122. The Kier molecular flexibility index (Phi) is 16.1. The molecule has 306 valence electrons. The number of quaternary nitrogens is 2. The summed E-state index contributed by atoms with van der Waals surface area (Å²) in [5.74, 6) is -43.6. The molecule has 0 aliphatic rings. The standard InChI is InChI=1S/C26H32F18N2O4S2/c1-6-16(47)50-15(11-45(2,3)13-17(48)51-9-7-19(27,28)21(31,32)23(35,36)25(39,40)41)12-46(4,5)14-18(49)52-10-8-20(29,30)22(33,34)24(37,38)26(42,43)44/h6,15H,1,7-14H2,2-5H3/q+2. The van der Waals surface area contributed by atoms with Gasteiger partial charge in [0, 0.05) is 30.4 Å². The summed E-state index contributed by atoms with van der Waals surface area (Å²) in [6.45, 7) is 1.01. The number of esters is 1. The summed E-state index contributed by atoms with van der Waals surface area (Å²) in [5, 5.41) is -2.15. The Balaban J connectivity index is 5.51. The molecule has 52 heavy (non-hydrogen) atoms. The van der Waals surface area contributed by atoms with E-state index in [2.05, 4.69) is 6.58 Å². The van der Waals surface area contributed by atoms with Gasteiger partial charge in [-0.05, 0) is 0 Å². The van der Waals surface area contributed by atoms with Crippen molar-refractivity contribution in [2.45, 2.75) is 66.8 Å². The van der Waals surface area contributed by atoms with E-state index in [1.54, 1.807) is 0 Å². The van der Waals surface area contributed by atoms with Crippen molar-refractivity contribution in [3.63, 3.8) is 0 Å². The molecule has 0 spiro atoms. The molecule has 0 aromatic rings. The van der Waals surface area contributed by atoms with Crippen LogP contribution in [0, 0.1) is 0 Å². The number of likely N-dealkylation sites (N-methyl/N-ethyl adjacent to an activating group) is 2. The van der Waals surface area contributed by atoms with E-state index in [9.17, 15) is 93.4 Å². The summed E-state index contributed by atoms with van der Waals surface area (Å²) in [6, 6.07) is 0. The van der Waals surface area contributed by atoms with Crippen molar-refractivity contribution in [3.05, 3.63) is 12.7 Å². The molecule has 0 saturated heterocycles. The number of carbonyl (C=O) groups excluding carboxylic acids is 3. The van der Waals surface area contributed by atoms with Gasteiger partial charge in [0.15, 0.2) is 6.10 Å². The maximum atomic E-state index is 13.8. The molecule has 0 unspecified atom stereocenters. The second-order valence-corrected chi connectivity index (χ2v) is 14.8. The van der Waals surface area contributed by atoms with Crippen LogP contribution in [0.2, 0.25) is 0 Å². The van der Waals surface area contributed by atoms with Crippen LogP contribution in [-0.4, -0.2) is 145 Å². The maximum Gasteiger partial charge on any atom is 0.460 e. The van der Waals surface area contributed by atoms with Crippen LogP contribution in [0.25, 0.3) is 0 Å². The minimum atomic E-state index is -7.11. The van der Waals surface area contributed by atoms with Crippen molar-refractivity contribution < 1.29 is 107 Å². The predicted molar refractivity (Wildman–Crippen MR) is 150 cm³/mol. The number of carbonyl (C=O) groups is 3. The van der Waals surface area contributed by atoms with Gasteiger partial charge in [-0.2, -0.15) is 79.0 Å². The predicted octanol–water partition coefficient (Wildman–Crippen LogP) is 7.47. The van der Waals surface area contributed by atoms with Gasteiger partial charge in [-0.15, -0.1) is 0 Å². The molecule has 0 amide bonds. The van der Waals surface area contributed by atoms with E-state index < -0.39 is 117 Å². The van der Waals surface area contributed by atoms with Gasteiger partial charge in [0.2, 0.25) is 10.2 Å². The molecule has 0 aliphatic carbocycles. The lowest BCUT2D eigenvalue weighted by molar-refractivity contribution is -0.906. The Hall–Kier alpha value is -2.09. The van der Waals surface area contributed by atoms with Crippen molar-refractivity contribution in [2.75, 3.05) is 65.9 Å². The molecule has 0 rings (SSSR count). The lowest BCUT2D eigenvalue weighted by Crippen LogP contribution is -2.61. The van der Waals surface area contributed by atoms with Gasteiger partial charge in [-0.1, -0.05) is 30.1 Å². The maximum absolute atomic E-state index is 13.8. The van der Waals surface area contributed by atoms with Gasteiger partial charge in [-0.25, -0.2) is 4.79 Å². The van der Waals surface area contributed by atoms with Gasteiger partial charge in [-0.3, -0.25) is 9.59 Å². The van der Waals surface area contributed by atoms with E-state index in [1.807, 2.05) is 0 Å². The first-order valence-corrected chi connectivity index (χ1v) is 15.9. The molecule has 6 nitrogen and oxygen atoms in total. The van der Waals surface area contributed by atoms with Gasteiger partial charge < -0.3 is 13.7 Å². The molecule has 0 bridgehead atoms. The molecular formula is C26H32F18N2O4S2+2. The summed E-state index contributed by atoms with van der Waals surface area (Å²) in [4.78, 5) is 36.7. The monoisotopic (exact) mass is 842 g/mol. The number of thioether (sulfide) groups is 2. The van der Waals surface area contributed by atoms with E-state index in [0.29, 0.717) is 6.08 Å². The molecule has 0 aromatic heterocycles. The topological polar surface area (TPSA) is 60.4 Å². The number of ether oxygens (including phenoxy) is 1. The van der Waals surface area contributed by atoms with Gasteiger partial charge in [0.25, 0.3) is 0 Å². The fourth-order valence-electron chi connectivity index (χ4n) is 4.08. The van der Waals surface area contributed by atoms with Crippen molar-refractivity contribution >= 4 is 39.7 Å². The largest absolute Gasteiger partial charge is 0.460 e. The highest BCUT2D eigenvalue weighted by Crippen LogP contribution is 2.55. The number of hydrogen-bond acceptors (Lipinski definition) is 6. The van der Waals surface area contributed by atoms with Crippen molar-refractivity contribution in [1.82, 2.24) is 0 Å². The van der Waals surface area contributed by atoms with E-state index in [4.69, 9.17) is 4.74 Å². The summed E-state index contributed by atoms with van der Waals surface area (Å²) >= 11 is -0.245. The number of rotatable bonds is 20.